The van der Waals surface area contributed by atoms with Crippen LogP contribution in [0, 0.1) is 17.1 Å². The van der Waals surface area contributed by atoms with Crippen LogP contribution in [-0.2, 0) is 0 Å². The summed E-state index contributed by atoms with van der Waals surface area (Å²) in [6, 6.07) is 12.0. The number of carbonyl (C=O) groups is 1. The molecule has 5 rings (SSSR count). The maximum atomic E-state index is 15.1. The largest absolute Gasteiger partial charge is 0.493 e. The van der Waals surface area contributed by atoms with Crippen molar-refractivity contribution in [2.45, 2.75) is 19.3 Å². The number of ether oxygens (including phenoxy) is 3. The molecule has 2 fully saturated rings. The third-order valence-electron chi connectivity index (χ3n) is 7.20. The molecule has 2 aromatic carbocycles. The van der Waals surface area contributed by atoms with Crippen LogP contribution in [0.3, 0.4) is 0 Å². The molecule has 0 aliphatic carbocycles. The average molecular weight is 534 g/mol. The van der Waals surface area contributed by atoms with E-state index in [1.807, 2.05) is 11.0 Å². The van der Waals surface area contributed by atoms with Crippen molar-refractivity contribution in [3.63, 3.8) is 0 Å². The van der Waals surface area contributed by atoms with Gasteiger partial charge in [-0.25, -0.2) is 9.18 Å². The number of rotatable bonds is 8. The molecular weight excluding hydrogens is 501 g/mol. The summed E-state index contributed by atoms with van der Waals surface area (Å²) in [7, 11) is 1.57. The van der Waals surface area contributed by atoms with E-state index in [-0.39, 0.29) is 0 Å². The van der Waals surface area contributed by atoms with Crippen molar-refractivity contribution in [1.82, 2.24) is 14.8 Å². The number of amides is 1. The number of hydrogen-bond donors (Lipinski definition) is 0. The fourth-order valence-corrected chi connectivity index (χ4v) is 5.11. The van der Waals surface area contributed by atoms with Gasteiger partial charge in [0.1, 0.15) is 5.75 Å². The lowest BCUT2D eigenvalue weighted by molar-refractivity contribution is 0.149. The number of halogens is 1. The zero-order valence-corrected chi connectivity index (χ0v) is 22.1. The van der Waals surface area contributed by atoms with Crippen LogP contribution < -0.4 is 19.1 Å². The number of hydrogen-bond acceptors (Lipinski definition) is 8. The van der Waals surface area contributed by atoms with E-state index in [0.717, 1.165) is 26.1 Å². The maximum absolute atomic E-state index is 15.1. The first-order valence-corrected chi connectivity index (χ1v) is 13.3. The van der Waals surface area contributed by atoms with Gasteiger partial charge in [-0.1, -0.05) is 0 Å². The van der Waals surface area contributed by atoms with E-state index in [0.29, 0.717) is 72.2 Å². The lowest BCUT2D eigenvalue weighted by Crippen LogP contribution is -2.50. The van der Waals surface area contributed by atoms with E-state index < -0.39 is 11.9 Å². The van der Waals surface area contributed by atoms with Crippen LogP contribution in [0.25, 0.3) is 10.9 Å². The van der Waals surface area contributed by atoms with E-state index in [1.54, 1.807) is 48.4 Å². The van der Waals surface area contributed by atoms with Gasteiger partial charge in [-0.05, 0) is 62.7 Å². The summed E-state index contributed by atoms with van der Waals surface area (Å²) in [5.74, 6) is 1.06. The molecule has 3 aromatic rings. The zero-order valence-electron chi connectivity index (χ0n) is 22.1. The molecule has 0 atom stereocenters. The van der Waals surface area contributed by atoms with Crippen molar-refractivity contribution in [2.75, 3.05) is 64.4 Å². The van der Waals surface area contributed by atoms with Gasteiger partial charge in [0.05, 0.1) is 42.8 Å². The lowest BCUT2D eigenvalue weighted by Gasteiger charge is -2.36. The quantitative estimate of drug-likeness (QED) is 0.393. The average Bonchev–Trinajstić information content (AvgIpc) is 3.49. The van der Waals surface area contributed by atoms with Gasteiger partial charge in [-0.3, -0.25) is 4.98 Å². The number of fused-ring (bicyclic) bond motifs is 1. The molecule has 3 heterocycles. The SMILES string of the molecule is COc1cc2c(N3CCN(C(=O)Oc4ccc(C#N)cc4)CC3)c(F)cnc2cc1OCCCN1CCCC1. The van der Waals surface area contributed by atoms with Crippen molar-refractivity contribution < 1.29 is 23.4 Å². The van der Waals surface area contributed by atoms with Gasteiger partial charge in [0.25, 0.3) is 0 Å². The smallest absolute Gasteiger partial charge is 0.415 e. The summed E-state index contributed by atoms with van der Waals surface area (Å²) < 4.78 is 32.2. The Morgan fingerprint density at radius 1 is 1.05 bits per heavy atom. The molecule has 0 bridgehead atoms. The van der Waals surface area contributed by atoms with Gasteiger partial charge in [0, 0.05) is 44.2 Å². The molecule has 9 nitrogen and oxygen atoms in total. The standard InChI is InChI=1S/C29H32FN5O4/c1-37-26-17-23-25(18-27(26)38-16-4-11-33-9-2-3-10-33)32-20-24(30)28(23)34-12-14-35(15-13-34)29(36)39-22-7-5-21(19-31)6-8-22/h5-8,17-18,20H,2-4,9-16H2,1H3. The molecule has 0 radical (unpaired) electrons. The molecule has 39 heavy (non-hydrogen) atoms. The van der Waals surface area contributed by atoms with Crippen molar-refractivity contribution in [3.05, 3.63) is 54.0 Å². The Labute approximate surface area is 227 Å². The number of pyridine rings is 1. The minimum Gasteiger partial charge on any atom is -0.493 e. The Morgan fingerprint density at radius 3 is 2.49 bits per heavy atom. The summed E-state index contributed by atoms with van der Waals surface area (Å²) in [6.07, 6.45) is 4.20. The fourth-order valence-electron chi connectivity index (χ4n) is 5.11. The van der Waals surface area contributed by atoms with Gasteiger partial charge < -0.3 is 28.9 Å². The Bertz CT molecular complexity index is 1350. The van der Waals surface area contributed by atoms with E-state index >= 15 is 4.39 Å². The third kappa shape index (κ3) is 6.15. The molecule has 0 saturated carbocycles. The molecule has 1 aromatic heterocycles. The predicted octanol–water partition coefficient (Wildman–Crippen LogP) is 4.44. The Morgan fingerprint density at radius 2 is 1.79 bits per heavy atom. The van der Waals surface area contributed by atoms with Gasteiger partial charge in [-0.15, -0.1) is 0 Å². The second kappa shape index (κ2) is 12.2. The highest BCUT2D eigenvalue weighted by atomic mass is 19.1. The van der Waals surface area contributed by atoms with E-state index in [4.69, 9.17) is 19.5 Å². The summed E-state index contributed by atoms with van der Waals surface area (Å²) in [4.78, 5) is 22.9. The molecule has 1 amide bonds. The van der Waals surface area contributed by atoms with E-state index in [2.05, 4.69) is 9.88 Å². The van der Waals surface area contributed by atoms with Crippen LogP contribution in [0.5, 0.6) is 17.2 Å². The van der Waals surface area contributed by atoms with Crippen molar-refractivity contribution in [3.8, 4) is 23.3 Å². The first-order valence-electron chi connectivity index (χ1n) is 13.3. The number of likely N-dealkylation sites (tertiary alicyclic amines) is 1. The molecule has 2 saturated heterocycles. The van der Waals surface area contributed by atoms with Gasteiger partial charge in [0.15, 0.2) is 17.3 Å². The third-order valence-corrected chi connectivity index (χ3v) is 7.20. The Balaban J connectivity index is 1.25. The van der Waals surface area contributed by atoms with Crippen LogP contribution in [0.1, 0.15) is 24.8 Å². The molecular formula is C29H32FN5O4. The molecule has 2 aliphatic heterocycles. The van der Waals surface area contributed by atoms with Crippen LogP contribution in [0.4, 0.5) is 14.9 Å². The van der Waals surface area contributed by atoms with Crippen LogP contribution in [0.2, 0.25) is 0 Å². The Kier molecular flexibility index (Phi) is 8.27. The number of piperazine rings is 1. The number of carbonyl (C=O) groups excluding carboxylic acids is 1. The van der Waals surface area contributed by atoms with Gasteiger partial charge >= 0.3 is 6.09 Å². The molecule has 204 valence electrons. The predicted molar refractivity (Wildman–Crippen MR) is 145 cm³/mol. The summed E-state index contributed by atoms with van der Waals surface area (Å²) in [5, 5.41) is 9.55. The zero-order chi connectivity index (χ0) is 27.2. The molecule has 0 spiro atoms. The van der Waals surface area contributed by atoms with E-state index in [1.165, 1.54) is 19.0 Å². The maximum Gasteiger partial charge on any atom is 0.415 e. The van der Waals surface area contributed by atoms with Crippen molar-refractivity contribution in [1.29, 1.82) is 5.26 Å². The molecule has 2 aliphatic rings. The van der Waals surface area contributed by atoms with Crippen LogP contribution in [-0.4, -0.2) is 80.4 Å². The van der Waals surface area contributed by atoms with E-state index in [9.17, 15) is 4.79 Å². The van der Waals surface area contributed by atoms with Gasteiger partial charge in [-0.2, -0.15) is 5.26 Å². The normalized spacial score (nSPS) is 15.8. The topological polar surface area (TPSA) is 91.2 Å². The summed E-state index contributed by atoms with van der Waals surface area (Å²) in [6.45, 7) is 5.48. The number of nitriles is 1. The number of nitrogens with zero attached hydrogens (tertiary/aromatic N) is 5. The fraction of sp³-hybridized carbons (Fsp3) is 0.414. The van der Waals surface area contributed by atoms with Crippen molar-refractivity contribution >= 4 is 22.7 Å². The minimum atomic E-state index is -0.479. The summed E-state index contributed by atoms with van der Waals surface area (Å²) >= 11 is 0. The number of methoxy groups -OCH3 is 1. The Hall–Kier alpha value is -4.10. The highest BCUT2D eigenvalue weighted by molar-refractivity contribution is 5.94. The monoisotopic (exact) mass is 533 g/mol. The molecule has 10 heteroatoms. The number of anilines is 1. The lowest BCUT2D eigenvalue weighted by atomic mass is 10.1. The number of benzene rings is 2. The molecule has 0 N–H and O–H groups in total. The molecule has 0 unspecified atom stereocenters. The summed E-state index contributed by atoms with van der Waals surface area (Å²) in [5.41, 5.74) is 1.53. The number of aromatic nitrogens is 1. The second-order valence-corrected chi connectivity index (χ2v) is 9.70. The van der Waals surface area contributed by atoms with Crippen LogP contribution >= 0.6 is 0 Å². The first kappa shape index (κ1) is 26.5. The van der Waals surface area contributed by atoms with Crippen molar-refractivity contribution in [2.24, 2.45) is 0 Å². The highest BCUT2D eigenvalue weighted by Gasteiger charge is 2.26. The first-order chi connectivity index (χ1) is 19.1. The highest BCUT2D eigenvalue weighted by Crippen LogP contribution is 2.37. The second-order valence-electron chi connectivity index (χ2n) is 9.70. The minimum absolute atomic E-state index is 0.369. The van der Waals surface area contributed by atoms with Crippen LogP contribution in [0.15, 0.2) is 42.6 Å². The van der Waals surface area contributed by atoms with Gasteiger partial charge in [0.2, 0.25) is 0 Å².